The molecule has 0 radical (unpaired) electrons. The summed E-state index contributed by atoms with van der Waals surface area (Å²) >= 11 is 0. The summed E-state index contributed by atoms with van der Waals surface area (Å²) in [6.45, 7) is 5.43. The SMILES string of the molecule is CCO[C@@H]1OC(C(=O)N2CC2)=C[C@H](c2cn(C(C)=O)c3ccccc23)[C@H]1CCCO. The molecule has 3 atom stereocenters. The van der Waals surface area contributed by atoms with Crippen molar-refractivity contribution in [3.8, 4) is 0 Å². The Kier molecular flexibility index (Phi) is 5.92. The molecule has 0 spiro atoms. The third-order valence-electron chi connectivity index (χ3n) is 5.80. The van der Waals surface area contributed by atoms with Crippen molar-refractivity contribution < 1.29 is 24.2 Å². The Morgan fingerprint density at radius 2 is 2.03 bits per heavy atom. The molecular weight excluding hydrogens is 384 g/mol. The van der Waals surface area contributed by atoms with E-state index in [1.165, 1.54) is 6.92 Å². The van der Waals surface area contributed by atoms with Gasteiger partial charge in [0.15, 0.2) is 5.76 Å². The van der Waals surface area contributed by atoms with Crippen LogP contribution < -0.4 is 0 Å². The van der Waals surface area contributed by atoms with E-state index in [2.05, 4.69) is 0 Å². The highest BCUT2D eigenvalue weighted by Crippen LogP contribution is 2.42. The van der Waals surface area contributed by atoms with Crippen molar-refractivity contribution in [3.63, 3.8) is 0 Å². The topological polar surface area (TPSA) is 80.8 Å². The van der Waals surface area contributed by atoms with Gasteiger partial charge < -0.3 is 19.5 Å². The number of carbonyl (C=O) groups excluding carboxylic acids is 2. The zero-order valence-corrected chi connectivity index (χ0v) is 17.4. The molecule has 0 saturated carbocycles. The summed E-state index contributed by atoms with van der Waals surface area (Å²) < 4.78 is 13.6. The minimum atomic E-state index is -0.588. The number of nitrogens with zero attached hydrogens (tertiary/aromatic N) is 2. The average Bonchev–Trinajstić information content (AvgIpc) is 3.52. The lowest BCUT2D eigenvalue weighted by Gasteiger charge is -2.36. The van der Waals surface area contributed by atoms with Crippen LogP contribution in [-0.4, -0.2) is 59.0 Å². The van der Waals surface area contributed by atoms with Crippen LogP contribution in [0.1, 0.15) is 43.0 Å². The minimum absolute atomic E-state index is 0.0675. The molecule has 2 aliphatic heterocycles. The molecule has 1 aromatic heterocycles. The quantitative estimate of drug-likeness (QED) is 0.708. The van der Waals surface area contributed by atoms with Gasteiger partial charge in [0.25, 0.3) is 5.91 Å². The molecule has 1 amide bonds. The molecule has 0 aliphatic carbocycles. The van der Waals surface area contributed by atoms with Gasteiger partial charge in [-0.05, 0) is 37.5 Å². The Labute approximate surface area is 175 Å². The molecule has 2 aromatic rings. The van der Waals surface area contributed by atoms with E-state index in [1.54, 1.807) is 9.47 Å². The van der Waals surface area contributed by atoms with Crippen molar-refractivity contribution in [1.29, 1.82) is 0 Å². The van der Waals surface area contributed by atoms with E-state index in [-0.39, 0.29) is 30.3 Å². The minimum Gasteiger partial charge on any atom is -0.459 e. The van der Waals surface area contributed by atoms with Crippen molar-refractivity contribution >= 4 is 22.7 Å². The fourth-order valence-electron chi connectivity index (χ4n) is 4.26. The predicted octanol–water partition coefficient (Wildman–Crippen LogP) is 2.89. The molecule has 30 heavy (non-hydrogen) atoms. The summed E-state index contributed by atoms with van der Waals surface area (Å²) in [4.78, 5) is 26.7. The highest BCUT2D eigenvalue weighted by Gasteiger charge is 2.41. The van der Waals surface area contributed by atoms with E-state index in [1.807, 2.05) is 43.5 Å². The number of allylic oxidation sites excluding steroid dienone is 1. The maximum Gasteiger partial charge on any atom is 0.288 e. The Bertz CT molecular complexity index is 975. The second-order valence-electron chi connectivity index (χ2n) is 7.81. The lowest BCUT2D eigenvalue weighted by Crippen LogP contribution is -2.37. The van der Waals surface area contributed by atoms with Crippen molar-refractivity contribution in [3.05, 3.63) is 47.9 Å². The van der Waals surface area contributed by atoms with Gasteiger partial charge in [0.05, 0.1) is 5.52 Å². The molecule has 1 fully saturated rings. The van der Waals surface area contributed by atoms with Gasteiger partial charge in [-0.1, -0.05) is 18.2 Å². The van der Waals surface area contributed by atoms with Gasteiger partial charge >= 0.3 is 0 Å². The summed E-state index contributed by atoms with van der Waals surface area (Å²) in [5.41, 5.74) is 1.81. The number of aliphatic hydroxyl groups is 1. The summed E-state index contributed by atoms with van der Waals surface area (Å²) in [6, 6.07) is 7.78. The summed E-state index contributed by atoms with van der Waals surface area (Å²) in [5, 5.41) is 10.4. The van der Waals surface area contributed by atoms with Crippen LogP contribution in [-0.2, 0) is 14.3 Å². The zero-order chi connectivity index (χ0) is 21.3. The van der Waals surface area contributed by atoms with E-state index in [4.69, 9.17) is 9.47 Å². The van der Waals surface area contributed by atoms with Crippen molar-refractivity contribution in [2.24, 2.45) is 5.92 Å². The van der Waals surface area contributed by atoms with E-state index in [9.17, 15) is 14.7 Å². The number of aliphatic hydroxyl groups excluding tert-OH is 1. The van der Waals surface area contributed by atoms with Crippen LogP contribution in [0.3, 0.4) is 0 Å². The van der Waals surface area contributed by atoms with Crippen LogP contribution in [0.2, 0.25) is 0 Å². The maximum absolute atomic E-state index is 12.8. The normalized spacial score (nSPS) is 23.2. The average molecular weight is 412 g/mol. The first-order valence-electron chi connectivity index (χ1n) is 10.6. The predicted molar refractivity (Wildman–Crippen MR) is 112 cm³/mol. The van der Waals surface area contributed by atoms with E-state index in [0.29, 0.717) is 25.2 Å². The number of rotatable bonds is 7. The van der Waals surface area contributed by atoms with Crippen molar-refractivity contribution in [2.75, 3.05) is 26.3 Å². The summed E-state index contributed by atoms with van der Waals surface area (Å²) in [7, 11) is 0. The molecule has 7 nitrogen and oxygen atoms in total. The first-order chi connectivity index (χ1) is 14.5. The highest BCUT2D eigenvalue weighted by atomic mass is 16.7. The Balaban J connectivity index is 1.83. The van der Waals surface area contributed by atoms with Crippen LogP contribution in [0.5, 0.6) is 0 Å². The first-order valence-corrected chi connectivity index (χ1v) is 10.6. The van der Waals surface area contributed by atoms with Gasteiger partial charge in [-0.25, -0.2) is 0 Å². The Morgan fingerprint density at radius 3 is 2.70 bits per heavy atom. The number of aromatic nitrogens is 1. The Hall–Kier alpha value is -2.64. The van der Waals surface area contributed by atoms with Gasteiger partial charge in [0.1, 0.15) is 0 Å². The molecule has 0 bridgehead atoms. The van der Waals surface area contributed by atoms with Crippen LogP contribution >= 0.6 is 0 Å². The molecule has 1 saturated heterocycles. The first kappa shape index (κ1) is 20.6. The fraction of sp³-hybridized carbons (Fsp3) is 0.478. The molecular formula is C23H28N2O5. The van der Waals surface area contributed by atoms with Gasteiger partial charge in [0.2, 0.25) is 12.2 Å². The molecule has 1 aromatic carbocycles. The number of hydrogen-bond donors (Lipinski definition) is 1. The van der Waals surface area contributed by atoms with Gasteiger partial charge in [0, 0.05) is 56.6 Å². The second kappa shape index (κ2) is 8.62. The number of para-hydroxylation sites is 1. The number of amides is 1. The largest absolute Gasteiger partial charge is 0.459 e. The van der Waals surface area contributed by atoms with Gasteiger partial charge in [-0.2, -0.15) is 0 Å². The number of fused-ring (bicyclic) bond motifs is 1. The third kappa shape index (κ3) is 3.87. The molecule has 4 rings (SSSR count). The van der Waals surface area contributed by atoms with Crippen LogP contribution in [0.15, 0.2) is 42.3 Å². The molecule has 160 valence electrons. The molecule has 7 heteroatoms. The van der Waals surface area contributed by atoms with Crippen LogP contribution in [0.4, 0.5) is 0 Å². The van der Waals surface area contributed by atoms with Crippen LogP contribution in [0.25, 0.3) is 10.9 Å². The van der Waals surface area contributed by atoms with Crippen molar-refractivity contribution in [2.45, 2.75) is 38.9 Å². The monoisotopic (exact) mass is 412 g/mol. The molecule has 1 N–H and O–H groups in total. The van der Waals surface area contributed by atoms with Gasteiger partial charge in [-0.15, -0.1) is 0 Å². The van der Waals surface area contributed by atoms with E-state index >= 15 is 0 Å². The number of hydrogen-bond acceptors (Lipinski definition) is 5. The fourth-order valence-corrected chi connectivity index (χ4v) is 4.26. The highest BCUT2D eigenvalue weighted by molar-refractivity contribution is 5.95. The van der Waals surface area contributed by atoms with E-state index in [0.717, 1.165) is 29.6 Å². The summed E-state index contributed by atoms with van der Waals surface area (Å²) in [6.07, 6.45) is 4.43. The van der Waals surface area contributed by atoms with E-state index < -0.39 is 6.29 Å². The lowest BCUT2D eigenvalue weighted by molar-refractivity contribution is -0.168. The van der Waals surface area contributed by atoms with Gasteiger partial charge in [-0.3, -0.25) is 14.2 Å². The molecule has 2 aliphatic rings. The smallest absolute Gasteiger partial charge is 0.288 e. The van der Waals surface area contributed by atoms with Crippen LogP contribution in [0, 0.1) is 5.92 Å². The number of benzene rings is 1. The lowest BCUT2D eigenvalue weighted by atomic mass is 9.80. The zero-order valence-electron chi connectivity index (χ0n) is 17.4. The summed E-state index contributed by atoms with van der Waals surface area (Å²) in [5.74, 6) is -0.154. The Morgan fingerprint density at radius 1 is 1.27 bits per heavy atom. The molecule has 0 unspecified atom stereocenters. The third-order valence-corrected chi connectivity index (χ3v) is 5.80. The number of ether oxygens (including phenoxy) is 2. The number of carbonyl (C=O) groups is 2. The van der Waals surface area contributed by atoms with Crippen molar-refractivity contribution in [1.82, 2.24) is 9.47 Å². The molecule has 3 heterocycles. The maximum atomic E-state index is 12.8. The standard InChI is InChI=1S/C23H28N2O5/c1-3-29-23-17(8-6-12-26)18(13-21(30-23)22(28)24-10-11-24)19-14-25(15(2)27)20-9-5-4-7-16(19)20/h4-5,7,9,13-14,17-18,23,26H,3,6,8,10-12H2,1-2H3/t17-,18+,23-/m1/s1. The second-order valence-corrected chi connectivity index (χ2v) is 7.81.